The van der Waals surface area contributed by atoms with Gasteiger partial charge in [-0.3, -0.25) is 15.5 Å². The monoisotopic (exact) mass is 620 g/mol. The number of nitrogens with zero attached hydrogens (tertiary/aromatic N) is 2. The minimum Gasteiger partial charge on any atom is -0.446 e. The number of ether oxygens (including phenoxy) is 1. The molecule has 1 saturated heterocycles. The Morgan fingerprint density at radius 1 is 1.05 bits per heavy atom. The van der Waals surface area contributed by atoms with Gasteiger partial charge in [-0.05, 0) is 61.7 Å². The average molecular weight is 621 g/mol. The molecule has 1 heterocycles. The fourth-order valence-corrected chi connectivity index (χ4v) is 5.84. The lowest BCUT2D eigenvalue weighted by Gasteiger charge is -2.28. The zero-order valence-electron chi connectivity index (χ0n) is 25.2. The number of nitrogens with two attached hydrogens (primary N) is 1. The Kier molecular flexibility index (Phi) is 10.7. The van der Waals surface area contributed by atoms with E-state index < -0.39 is 16.1 Å². The number of anilines is 2. The Morgan fingerprint density at radius 3 is 2.39 bits per heavy atom. The van der Waals surface area contributed by atoms with Gasteiger partial charge in [0.15, 0.2) is 0 Å². The molecule has 12 heteroatoms. The molecule has 2 amide bonds. The van der Waals surface area contributed by atoms with Crippen LogP contribution in [0.5, 0.6) is 0 Å². The van der Waals surface area contributed by atoms with Gasteiger partial charge in [-0.25, -0.2) is 18.4 Å². The van der Waals surface area contributed by atoms with Crippen LogP contribution in [-0.4, -0.2) is 70.5 Å². The van der Waals surface area contributed by atoms with Gasteiger partial charge in [0, 0.05) is 42.1 Å². The van der Waals surface area contributed by atoms with Crippen molar-refractivity contribution in [2.24, 2.45) is 11.1 Å². The molecule has 234 valence electrons. The molecular formula is C32H40N6O5S. The topological polar surface area (TPSA) is 158 Å². The average Bonchev–Trinajstić information content (AvgIpc) is 2.98. The summed E-state index contributed by atoms with van der Waals surface area (Å²) in [7, 11) is -1.87. The van der Waals surface area contributed by atoms with E-state index in [1.54, 1.807) is 60.7 Å². The van der Waals surface area contributed by atoms with E-state index in [4.69, 9.17) is 15.3 Å². The van der Waals surface area contributed by atoms with Crippen molar-refractivity contribution in [1.29, 1.82) is 5.41 Å². The number of amides is 2. The van der Waals surface area contributed by atoms with Crippen LogP contribution in [0, 0.1) is 11.3 Å². The zero-order chi connectivity index (χ0) is 31.9. The summed E-state index contributed by atoms with van der Waals surface area (Å²) < 4.78 is 29.5. The summed E-state index contributed by atoms with van der Waals surface area (Å²) in [5.41, 5.74) is 2.91. The van der Waals surface area contributed by atoms with Crippen LogP contribution in [0.4, 0.5) is 16.2 Å². The van der Waals surface area contributed by atoms with E-state index in [2.05, 4.69) is 29.4 Å². The summed E-state index contributed by atoms with van der Waals surface area (Å²) in [4.78, 5) is 29.7. The van der Waals surface area contributed by atoms with Gasteiger partial charge in [-0.15, -0.1) is 0 Å². The fourth-order valence-electron chi connectivity index (χ4n) is 5.08. The number of benzene rings is 3. The first-order chi connectivity index (χ1) is 20.9. The number of sulfonamides is 1. The molecule has 0 bridgehead atoms. The highest BCUT2D eigenvalue weighted by Crippen LogP contribution is 2.27. The Balaban J connectivity index is 1.40. The first-order valence-electron chi connectivity index (χ1n) is 14.5. The molecule has 11 nitrogen and oxygen atoms in total. The van der Waals surface area contributed by atoms with Gasteiger partial charge in [0.05, 0.1) is 11.4 Å². The first-order valence-corrected chi connectivity index (χ1v) is 16.1. The molecule has 0 spiro atoms. The van der Waals surface area contributed by atoms with E-state index in [1.807, 2.05) is 18.0 Å². The summed E-state index contributed by atoms with van der Waals surface area (Å²) in [6.07, 6.45) is 0.706. The van der Waals surface area contributed by atoms with Gasteiger partial charge in [-0.1, -0.05) is 56.3 Å². The number of rotatable bonds is 10. The molecular weight excluding hydrogens is 580 g/mol. The van der Waals surface area contributed by atoms with Gasteiger partial charge >= 0.3 is 6.09 Å². The lowest BCUT2D eigenvalue weighted by atomic mass is 10.1. The van der Waals surface area contributed by atoms with Crippen LogP contribution in [0.3, 0.4) is 0 Å². The van der Waals surface area contributed by atoms with Gasteiger partial charge in [0.1, 0.15) is 11.9 Å². The molecule has 0 radical (unpaired) electrons. The number of likely N-dealkylation sites (tertiary alicyclic amines) is 1. The third kappa shape index (κ3) is 9.12. The number of hydrogen-bond acceptors (Lipinski definition) is 8. The van der Waals surface area contributed by atoms with E-state index in [0.29, 0.717) is 28.9 Å². The summed E-state index contributed by atoms with van der Waals surface area (Å²) in [5, 5.41) is 19.3. The third-order valence-electron chi connectivity index (χ3n) is 7.26. The lowest BCUT2D eigenvalue weighted by Crippen LogP contribution is -2.39. The number of alkyl carbamates (subject to hydrolysis) is 1. The number of carbonyl (C=O) groups is 2. The highest BCUT2D eigenvalue weighted by molar-refractivity contribution is 7.89. The van der Waals surface area contributed by atoms with Crippen molar-refractivity contribution >= 4 is 39.2 Å². The van der Waals surface area contributed by atoms with Crippen molar-refractivity contribution in [3.63, 3.8) is 0 Å². The molecule has 0 atom stereocenters. The number of nitrogens with one attached hydrogen (secondary N) is 3. The molecule has 3 aromatic carbocycles. The van der Waals surface area contributed by atoms with Crippen molar-refractivity contribution in [3.05, 3.63) is 78.4 Å². The van der Waals surface area contributed by atoms with Gasteiger partial charge < -0.3 is 19.9 Å². The predicted molar refractivity (Wildman–Crippen MR) is 172 cm³/mol. The van der Waals surface area contributed by atoms with E-state index >= 15 is 0 Å². The maximum atomic E-state index is 13.1. The summed E-state index contributed by atoms with van der Waals surface area (Å²) in [6.45, 7) is 6.45. The molecule has 0 aliphatic carbocycles. The maximum absolute atomic E-state index is 13.1. The number of amidine groups is 1. The lowest BCUT2D eigenvalue weighted by molar-refractivity contribution is -0.115. The number of piperidine rings is 1. The van der Waals surface area contributed by atoms with Crippen molar-refractivity contribution in [3.8, 4) is 11.1 Å². The molecule has 0 unspecified atom stereocenters. The van der Waals surface area contributed by atoms with Crippen LogP contribution < -0.4 is 20.7 Å². The molecule has 1 fully saturated rings. The van der Waals surface area contributed by atoms with Crippen LogP contribution in [0.2, 0.25) is 0 Å². The van der Waals surface area contributed by atoms with Gasteiger partial charge in [0.25, 0.3) is 0 Å². The Morgan fingerprint density at radius 2 is 1.73 bits per heavy atom. The quantitative estimate of drug-likeness (QED) is 0.195. The zero-order valence-corrected chi connectivity index (χ0v) is 26.1. The second kappa shape index (κ2) is 14.5. The van der Waals surface area contributed by atoms with Crippen LogP contribution in [-0.2, 0) is 19.6 Å². The number of carbonyl (C=O) groups excluding carboxylic acids is 2. The number of primary sulfonamides is 1. The third-order valence-corrected chi connectivity index (χ3v) is 8.23. The van der Waals surface area contributed by atoms with E-state index in [-0.39, 0.29) is 35.2 Å². The second-order valence-corrected chi connectivity index (χ2v) is 12.9. The molecule has 0 saturated carbocycles. The summed E-state index contributed by atoms with van der Waals surface area (Å²) >= 11 is 0. The highest BCUT2D eigenvalue weighted by atomic mass is 32.2. The molecule has 1 aliphatic heterocycles. The van der Waals surface area contributed by atoms with Crippen molar-refractivity contribution in [1.82, 2.24) is 10.2 Å². The minimum absolute atomic E-state index is 0.0285. The standard InChI is InChI=1S/C32H40N6O5S/c1-22(2)20-38(26-8-6-7-24(19-26)31(33)36-32(40)43-27-15-17-37(3)18-16-27)21-30(39)35-25-13-11-23(12-14-25)28-9-4-5-10-29(28)44(34,41)42/h4-14,19,22,27H,15-18,20-21H2,1-3H3,(H,35,39)(H2,33,36,40)(H2,34,41,42). The largest absolute Gasteiger partial charge is 0.446 e. The summed E-state index contributed by atoms with van der Waals surface area (Å²) in [5.74, 6) is -0.0850. The Labute approximate surface area is 258 Å². The van der Waals surface area contributed by atoms with Crippen LogP contribution >= 0.6 is 0 Å². The maximum Gasteiger partial charge on any atom is 0.413 e. The predicted octanol–water partition coefficient (Wildman–Crippen LogP) is 4.25. The van der Waals surface area contributed by atoms with E-state index in [9.17, 15) is 18.0 Å². The van der Waals surface area contributed by atoms with Gasteiger partial charge in [0.2, 0.25) is 15.9 Å². The SMILES string of the molecule is CC(C)CN(CC(=O)Nc1ccc(-c2ccccc2S(N)(=O)=O)cc1)c1cccc(C(=N)NC(=O)OC2CCN(C)CC2)c1. The van der Waals surface area contributed by atoms with Crippen LogP contribution in [0.15, 0.2) is 77.7 Å². The fraction of sp³-hybridized carbons (Fsp3) is 0.344. The van der Waals surface area contributed by atoms with Gasteiger partial charge in [-0.2, -0.15) is 0 Å². The van der Waals surface area contributed by atoms with Crippen LogP contribution in [0.1, 0.15) is 32.3 Å². The minimum atomic E-state index is -3.90. The first kappa shape index (κ1) is 32.6. The Hall–Kier alpha value is -4.26. The molecule has 5 N–H and O–H groups in total. The molecule has 1 aliphatic rings. The van der Waals surface area contributed by atoms with E-state index in [1.165, 1.54) is 6.07 Å². The molecule has 4 rings (SSSR count). The van der Waals surface area contributed by atoms with Crippen molar-refractivity contribution < 1.29 is 22.7 Å². The number of hydrogen-bond donors (Lipinski definition) is 4. The van der Waals surface area contributed by atoms with Crippen molar-refractivity contribution in [2.75, 3.05) is 43.4 Å². The molecule has 0 aromatic heterocycles. The van der Waals surface area contributed by atoms with Crippen LogP contribution in [0.25, 0.3) is 11.1 Å². The molecule has 44 heavy (non-hydrogen) atoms. The van der Waals surface area contributed by atoms with Crippen molar-refractivity contribution in [2.45, 2.75) is 37.7 Å². The normalized spacial score (nSPS) is 14.2. The Bertz CT molecular complexity index is 1580. The smallest absolute Gasteiger partial charge is 0.413 e. The highest BCUT2D eigenvalue weighted by Gasteiger charge is 2.22. The second-order valence-electron chi connectivity index (χ2n) is 11.4. The van der Waals surface area contributed by atoms with E-state index in [0.717, 1.165) is 31.6 Å². The summed E-state index contributed by atoms with van der Waals surface area (Å²) in [6, 6.07) is 20.5. The molecule has 3 aromatic rings.